The van der Waals surface area contributed by atoms with E-state index in [4.69, 9.17) is 11.6 Å². The number of thiophene rings is 1. The average molecular weight is 407 g/mol. The maximum Gasteiger partial charge on any atom is 0.259 e. The Morgan fingerprint density at radius 1 is 1.41 bits per heavy atom. The van der Waals surface area contributed by atoms with E-state index in [0.717, 1.165) is 10.4 Å². The van der Waals surface area contributed by atoms with E-state index in [1.807, 2.05) is 13.8 Å². The van der Waals surface area contributed by atoms with Gasteiger partial charge in [0.1, 0.15) is 10.7 Å². The summed E-state index contributed by atoms with van der Waals surface area (Å²) in [5.41, 5.74) is 3.30. The number of H-pyrrole nitrogens is 1. The minimum Gasteiger partial charge on any atom is -0.504 e. The Morgan fingerprint density at radius 2 is 2.15 bits per heavy atom. The van der Waals surface area contributed by atoms with Gasteiger partial charge in [0.05, 0.1) is 23.0 Å². The van der Waals surface area contributed by atoms with Crippen molar-refractivity contribution in [3.05, 3.63) is 49.3 Å². The van der Waals surface area contributed by atoms with Gasteiger partial charge in [-0.2, -0.15) is 5.10 Å². The molecule has 0 saturated heterocycles. The van der Waals surface area contributed by atoms with Crippen molar-refractivity contribution < 1.29 is 15.0 Å². The van der Waals surface area contributed by atoms with E-state index in [0.29, 0.717) is 15.8 Å². The maximum atomic E-state index is 12.2. The summed E-state index contributed by atoms with van der Waals surface area (Å²) in [5.74, 6) is -1.06. The maximum absolute atomic E-state index is 12.2. The number of halogens is 1. The number of hydrogen-bond acceptors (Lipinski definition) is 7. The van der Waals surface area contributed by atoms with Gasteiger partial charge in [-0.3, -0.25) is 9.59 Å². The van der Waals surface area contributed by atoms with Crippen LogP contribution in [0.5, 0.6) is 11.5 Å². The Morgan fingerprint density at radius 3 is 2.85 bits per heavy atom. The summed E-state index contributed by atoms with van der Waals surface area (Å²) in [5, 5.41) is 23.1. The van der Waals surface area contributed by atoms with Gasteiger partial charge in [0.2, 0.25) is 5.91 Å². The number of amides is 1. The van der Waals surface area contributed by atoms with Crippen LogP contribution in [0.2, 0.25) is 5.02 Å². The summed E-state index contributed by atoms with van der Waals surface area (Å²) >= 11 is 7.15. The Bertz CT molecular complexity index is 1110. The van der Waals surface area contributed by atoms with Gasteiger partial charge < -0.3 is 15.2 Å². The largest absolute Gasteiger partial charge is 0.504 e. The van der Waals surface area contributed by atoms with Crippen LogP contribution >= 0.6 is 22.9 Å². The van der Waals surface area contributed by atoms with Gasteiger partial charge in [-0.15, -0.1) is 11.3 Å². The molecule has 0 bridgehead atoms. The third kappa shape index (κ3) is 3.93. The molecule has 1 aromatic carbocycles. The summed E-state index contributed by atoms with van der Waals surface area (Å²) in [6.45, 7) is 3.77. The number of hydrogen-bond donors (Lipinski definition) is 4. The van der Waals surface area contributed by atoms with Gasteiger partial charge in [-0.1, -0.05) is 11.6 Å². The zero-order chi connectivity index (χ0) is 19.7. The number of rotatable bonds is 4. The Labute approximate surface area is 162 Å². The van der Waals surface area contributed by atoms with E-state index < -0.39 is 17.4 Å². The first-order chi connectivity index (χ1) is 12.8. The van der Waals surface area contributed by atoms with Gasteiger partial charge in [0.15, 0.2) is 11.5 Å². The fourth-order valence-corrected chi connectivity index (χ4v) is 3.70. The Hall–Kier alpha value is -2.91. The van der Waals surface area contributed by atoms with Crippen LogP contribution in [0.4, 0.5) is 0 Å². The summed E-state index contributed by atoms with van der Waals surface area (Å²) in [6, 6.07) is 2.62. The van der Waals surface area contributed by atoms with Crippen molar-refractivity contribution in [3.8, 4) is 11.5 Å². The fourth-order valence-electron chi connectivity index (χ4n) is 2.43. The smallest absolute Gasteiger partial charge is 0.259 e. The van der Waals surface area contributed by atoms with Crippen LogP contribution in [-0.4, -0.2) is 32.3 Å². The number of nitrogens with zero attached hydrogens (tertiary/aromatic N) is 2. The molecule has 0 spiro atoms. The lowest BCUT2D eigenvalue weighted by atomic mass is 10.2. The summed E-state index contributed by atoms with van der Waals surface area (Å²) in [7, 11) is 0. The van der Waals surface area contributed by atoms with Crippen LogP contribution in [0.1, 0.15) is 21.8 Å². The third-order valence-electron chi connectivity index (χ3n) is 3.88. The lowest BCUT2D eigenvalue weighted by Gasteiger charge is -2.02. The van der Waals surface area contributed by atoms with Crippen molar-refractivity contribution in [1.29, 1.82) is 0 Å². The molecule has 140 valence electrons. The van der Waals surface area contributed by atoms with Crippen molar-refractivity contribution in [1.82, 2.24) is 15.4 Å². The minimum absolute atomic E-state index is 0.0422. The predicted molar refractivity (Wildman–Crippen MR) is 104 cm³/mol. The minimum atomic E-state index is -0.479. The Kier molecular flexibility index (Phi) is 5.15. The number of carbonyl (C=O) groups is 1. The third-order valence-corrected chi connectivity index (χ3v) is 5.27. The van der Waals surface area contributed by atoms with Crippen LogP contribution in [0.15, 0.2) is 22.0 Å². The topological polar surface area (TPSA) is 128 Å². The molecule has 1 amide bonds. The van der Waals surface area contributed by atoms with Gasteiger partial charge in [-0.05, 0) is 37.1 Å². The number of hydrazone groups is 1. The van der Waals surface area contributed by atoms with E-state index in [1.54, 1.807) is 0 Å². The highest BCUT2D eigenvalue weighted by Crippen LogP contribution is 2.33. The summed E-state index contributed by atoms with van der Waals surface area (Å²) in [4.78, 5) is 32.7. The molecule has 2 aromatic heterocycles. The molecule has 0 fully saturated rings. The molecule has 0 aliphatic carbocycles. The van der Waals surface area contributed by atoms with Crippen LogP contribution < -0.4 is 11.0 Å². The molecule has 4 N–H and O–H groups in total. The van der Waals surface area contributed by atoms with E-state index >= 15 is 0 Å². The first-order valence-corrected chi connectivity index (χ1v) is 8.98. The molecular weight excluding hydrogens is 392 g/mol. The van der Waals surface area contributed by atoms with Gasteiger partial charge >= 0.3 is 0 Å². The number of fused-ring (bicyclic) bond motifs is 1. The number of aryl methyl sites for hydroxylation is 2. The van der Waals surface area contributed by atoms with E-state index in [-0.39, 0.29) is 22.8 Å². The molecule has 0 saturated carbocycles. The SMILES string of the molecule is Cc1sc2nc(CC(=O)N/N=C/c3cc(O)c(O)c(Cl)c3)[nH]c(=O)c2c1C. The molecule has 0 radical (unpaired) electrons. The molecule has 0 aliphatic rings. The number of phenols is 2. The predicted octanol–water partition coefficient (Wildman–Crippen LogP) is 2.36. The van der Waals surface area contributed by atoms with Crippen LogP contribution in [-0.2, 0) is 11.2 Å². The van der Waals surface area contributed by atoms with Crippen molar-refractivity contribution in [2.24, 2.45) is 5.10 Å². The normalized spacial score (nSPS) is 11.4. The van der Waals surface area contributed by atoms with Crippen LogP contribution in [0, 0.1) is 13.8 Å². The first-order valence-electron chi connectivity index (χ1n) is 7.78. The van der Waals surface area contributed by atoms with Gasteiger partial charge in [0.25, 0.3) is 5.56 Å². The Balaban J connectivity index is 1.71. The summed E-state index contributed by atoms with van der Waals surface area (Å²) in [6.07, 6.45) is 1.11. The van der Waals surface area contributed by atoms with E-state index in [1.165, 1.54) is 29.7 Å². The van der Waals surface area contributed by atoms with Crippen molar-refractivity contribution in [3.63, 3.8) is 0 Å². The first kappa shape index (κ1) is 18.9. The monoisotopic (exact) mass is 406 g/mol. The van der Waals surface area contributed by atoms with Crippen LogP contribution in [0.25, 0.3) is 10.2 Å². The molecule has 10 heteroatoms. The molecule has 0 aliphatic heterocycles. The van der Waals surface area contributed by atoms with E-state index in [9.17, 15) is 19.8 Å². The van der Waals surface area contributed by atoms with Crippen LogP contribution in [0.3, 0.4) is 0 Å². The molecule has 0 unspecified atom stereocenters. The number of phenolic OH excluding ortho intramolecular Hbond substituents is 2. The second-order valence-electron chi connectivity index (χ2n) is 5.82. The number of nitrogens with one attached hydrogen (secondary N) is 2. The number of aromatic nitrogens is 2. The van der Waals surface area contributed by atoms with E-state index in [2.05, 4.69) is 20.5 Å². The lowest BCUT2D eigenvalue weighted by molar-refractivity contribution is -0.120. The zero-order valence-electron chi connectivity index (χ0n) is 14.3. The van der Waals surface area contributed by atoms with Gasteiger partial charge in [0, 0.05) is 4.88 Å². The molecule has 0 atom stereocenters. The standard InChI is InChI=1S/C17H15ClN4O4S/c1-7-8(2)27-17-14(7)16(26)20-12(21-17)5-13(24)22-19-6-9-3-10(18)15(25)11(23)4-9/h3-4,6,23,25H,5H2,1-2H3,(H,22,24)(H,20,21,26)/b19-6+. The molecule has 3 rings (SSSR count). The number of aromatic hydroxyl groups is 2. The molecule has 3 aromatic rings. The summed E-state index contributed by atoms with van der Waals surface area (Å²) < 4.78 is 0. The molecule has 8 nitrogen and oxygen atoms in total. The fraction of sp³-hybridized carbons (Fsp3) is 0.176. The number of carbonyl (C=O) groups excluding carboxylic acids is 1. The average Bonchev–Trinajstić information content (AvgIpc) is 2.87. The highest BCUT2D eigenvalue weighted by atomic mass is 35.5. The van der Waals surface area contributed by atoms with Gasteiger partial charge in [-0.25, -0.2) is 10.4 Å². The van der Waals surface area contributed by atoms with Crippen molar-refractivity contribution in [2.45, 2.75) is 20.3 Å². The van der Waals surface area contributed by atoms with Crippen molar-refractivity contribution >= 4 is 45.3 Å². The molecule has 2 heterocycles. The number of benzene rings is 1. The second-order valence-corrected chi connectivity index (χ2v) is 7.43. The zero-order valence-corrected chi connectivity index (χ0v) is 15.9. The molecular formula is C17H15ClN4O4S. The quantitative estimate of drug-likeness (QED) is 0.300. The molecule has 27 heavy (non-hydrogen) atoms. The highest BCUT2D eigenvalue weighted by molar-refractivity contribution is 7.18. The second kappa shape index (κ2) is 7.37. The number of aromatic amines is 1. The van der Waals surface area contributed by atoms with Crippen molar-refractivity contribution in [2.75, 3.05) is 0 Å². The lowest BCUT2D eigenvalue weighted by Crippen LogP contribution is -2.23. The highest BCUT2D eigenvalue weighted by Gasteiger charge is 2.13.